The average molecular weight is 251 g/mol. The van der Waals surface area contributed by atoms with Gasteiger partial charge >= 0.3 is 0 Å². The molecule has 0 unspecified atom stereocenters. The van der Waals surface area contributed by atoms with Gasteiger partial charge in [-0.25, -0.2) is 0 Å². The van der Waals surface area contributed by atoms with Gasteiger partial charge in [-0.3, -0.25) is 9.69 Å². The molecule has 5 nitrogen and oxygen atoms in total. The van der Waals surface area contributed by atoms with Crippen molar-refractivity contribution in [3.63, 3.8) is 0 Å². The van der Waals surface area contributed by atoms with Gasteiger partial charge < -0.3 is 15.8 Å². The molecule has 0 bridgehead atoms. The van der Waals surface area contributed by atoms with Gasteiger partial charge in [0.1, 0.15) is 0 Å². The second-order valence-corrected chi connectivity index (χ2v) is 3.88. The molecule has 0 aromatic heterocycles. The predicted octanol–water partition coefficient (Wildman–Crippen LogP) is -0.192. The summed E-state index contributed by atoms with van der Waals surface area (Å²) in [4.78, 5) is 12.3. The van der Waals surface area contributed by atoms with Gasteiger partial charge in [0.2, 0.25) is 5.91 Å². The summed E-state index contributed by atoms with van der Waals surface area (Å²) in [6.07, 6.45) is 0.684. The van der Waals surface area contributed by atoms with Crippen LogP contribution in [0.4, 0.5) is 0 Å². The molecule has 17 heavy (non-hydrogen) atoms. The summed E-state index contributed by atoms with van der Waals surface area (Å²) in [5.74, 6) is -0.570. The Kier molecular flexibility index (Phi) is 2.92. The van der Waals surface area contributed by atoms with Crippen LogP contribution in [0.5, 0.6) is 0 Å². The van der Waals surface area contributed by atoms with Crippen LogP contribution in [0.25, 0.3) is 0 Å². The zero-order valence-corrected chi connectivity index (χ0v) is 10.1. The summed E-state index contributed by atoms with van der Waals surface area (Å²) in [5.41, 5.74) is 5.77. The maximum Gasteiger partial charge on any atom is 0.237 e. The first-order valence-corrected chi connectivity index (χ1v) is 5.63. The van der Waals surface area contributed by atoms with Gasteiger partial charge in [-0.05, 0) is 5.92 Å². The number of nitrogens with zero attached hydrogens (tertiary/aromatic N) is 1. The zero-order valence-electron chi connectivity index (χ0n) is 18.1. The molecule has 0 saturated carbocycles. The molecule has 3 N–H and O–H groups in total. The molecule has 0 spiro atoms. The van der Waals surface area contributed by atoms with Crippen LogP contribution in [0.15, 0.2) is 0 Å². The smallest absolute Gasteiger partial charge is 0.237 e. The number of carbonyl (C=O) groups excluding carboxylic acids is 1. The molecule has 0 aliphatic carbocycles. The van der Waals surface area contributed by atoms with E-state index in [1.807, 2.05) is 6.92 Å². The van der Waals surface area contributed by atoms with Crippen molar-refractivity contribution in [3.8, 4) is 0 Å². The summed E-state index contributed by atoms with van der Waals surface area (Å²) in [7, 11) is 0. The Bertz CT molecular complexity index is 477. The van der Waals surface area contributed by atoms with Crippen LogP contribution < -0.4 is 11.1 Å². The van der Waals surface area contributed by atoms with Crippen LogP contribution in [-0.4, -0.2) is 56.1 Å². The van der Waals surface area contributed by atoms with Gasteiger partial charge in [-0.15, -0.1) is 0 Å². The van der Waals surface area contributed by atoms with Gasteiger partial charge in [0.05, 0.1) is 24.6 Å². The summed E-state index contributed by atoms with van der Waals surface area (Å²) in [6.45, 7) is -9.10. The van der Waals surface area contributed by atoms with E-state index in [0.29, 0.717) is 11.3 Å². The number of hydrogen-bond donors (Lipinski definition) is 2. The number of carbonyl (C=O) groups is 1. The molecule has 1 amide bonds. The number of rotatable bonds is 6. The lowest BCUT2D eigenvalue weighted by Crippen LogP contribution is -2.47. The quantitative estimate of drug-likeness (QED) is 0.686. The number of ether oxygens (including phenoxy) is 1. The molecule has 1 rings (SSSR count). The Morgan fingerprint density at radius 1 is 1.59 bits per heavy atom. The largest absolute Gasteiger partial charge is 0.379 e. The van der Waals surface area contributed by atoms with Crippen LogP contribution >= 0.6 is 0 Å². The van der Waals surface area contributed by atoms with Crippen molar-refractivity contribution in [2.45, 2.75) is 26.3 Å². The molecule has 5 heteroatoms. The van der Waals surface area contributed by atoms with Crippen molar-refractivity contribution in [1.29, 1.82) is 0 Å². The molecular weight excluding hydrogens is 218 g/mol. The van der Waals surface area contributed by atoms with E-state index < -0.39 is 44.6 Å². The minimum absolute atomic E-state index is 0.0791. The zero-order chi connectivity index (χ0) is 19.8. The highest BCUT2D eigenvalue weighted by molar-refractivity contribution is 5.81. The summed E-state index contributed by atoms with van der Waals surface area (Å²) >= 11 is 0. The summed E-state index contributed by atoms with van der Waals surface area (Å²) in [6, 6.07) is -0.777. The minimum atomic E-state index is -3.08. The molecule has 100 valence electrons. The molecule has 0 radical (unpaired) electrons. The van der Waals surface area contributed by atoms with E-state index in [0.717, 1.165) is 0 Å². The number of nitrogens with two attached hydrogens (primary N) is 1. The van der Waals surface area contributed by atoms with Crippen molar-refractivity contribution >= 4 is 5.91 Å². The van der Waals surface area contributed by atoms with Crippen LogP contribution in [-0.2, 0) is 9.53 Å². The summed E-state index contributed by atoms with van der Waals surface area (Å²) < 4.78 is 66.0. The normalized spacial score (nSPS) is 39.7. The molecule has 2 atom stereocenters. The second kappa shape index (κ2) is 7.63. The third kappa shape index (κ3) is 5.02. The Balaban J connectivity index is 2.88. The standard InChI is InChI=1S/C12H25N3O2/c1-3-10(2)11(13)12(16)14-4-5-15-6-8-17-9-7-15/h10-11H,3-9,13H2,1-2H3,(H,14,16)/t10-,11-/m0/s1/i6D2,7D2,8D2,9D2. The maximum atomic E-state index is 11.9. The molecule has 0 aromatic rings. The number of nitrogens with one attached hydrogen (secondary N) is 1. The van der Waals surface area contributed by atoms with Gasteiger partial charge in [0.25, 0.3) is 0 Å². The van der Waals surface area contributed by atoms with Crippen LogP contribution in [0.3, 0.4) is 0 Å². The van der Waals surface area contributed by atoms with Crippen LogP contribution in [0.2, 0.25) is 0 Å². The highest BCUT2D eigenvalue weighted by Crippen LogP contribution is 2.04. The Labute approximate surface area is 115 Å². The highest BCUT2D eigenvalue weighted by Gasteiger charge is 2.19. The monoisotopic (exact) mass is 251 g/mol. The molecule has 1 heterocycles. The van der Waals surface area contributed by atoms with Gasteiger partial charge in [-0.1, -0.05) is 20.3 Å². The fourth-order valence-electron chi connectivity index (χ4n) is 1.24. The lowest BCUT2D eigenvalue weighted by molar-refractivity contribution is -0.123. The Morgan fingerprint density at radius 2 is 2.24 bits per heavy atom. The topological polar surface area (TPSA) is 67.6 Å². The Hall–Kier alpha value is -0.650. The molecule has 1 saturated heterocycles. The first-order valence-electron chi connectivity index (χ1n) is 9.63. The summed E-state index contributed by atoms with van der Waals surface area (Å²) in [5, 5.41) is 2.45. The van der Waals surface area contributed by atoms with Crippen LogP contribution in [0.1, 0.15) is 31.2 Å². The third-order valence-corrected chi connectivity index (χ3v) is 2.66. The van der Waals surface area contributed by atoms with Crippen molar-refractivity contribution in [2.24, 2.45) is 11.7 Å². The Morgan fingerprint density at radius 3 is 2.82 bits per heavy atom. The van der Waals surface area contributed by atoms with Crippen molar-refractivity contribution in [3.05, 3.63) is 0 Å². The van der Waals surface area contributed by atoms with E-state index in [9.17, 15) is 4.79 Å². The fourth-order valence-corrected chi connectivity index (χ4v) is 1.24. The lowest BCUT2D eigenvalue weighted by atomic mass is 9.99. The van der Waals surface area contributed by atoms with Gasteiger partial charge in [0, 0.05) is 31.6 Å². The van der Waals surface area contributed by atoms with Gasteiger partial charge in [-0.2, -0.15) is 0 Å². The van der Waals surface area contributed by atoms with E-state index in [4.69, 9.17) is 16.7 Å². The maximum absolute atomic E-state index is 11.9. The van der Waals surface area contributed by atoms with E-state index in [-0.39, 0.29) is 12.5 Å². The van der Waals surface area contributed by atoms with E-state index in [1.165, 1.54) is 0 Å². The molecule has 0 aromatic carbocycles. The van der Waals surface area contributed by atoms with E-state index >= 15 is 0 Å². The highest BCUT2D eigenvalue weighted by atomic mass is 16.5. The number of amides is 1. The first kappa shape index (κ1) is 6.50. The first-order chi connectivity index (χ1) is 11.1. The fraction of sp³-hybridized carbons (Fsp3) is 0.917. The molecule has 1 fully saturated rings. The van der Waals surface area contributed by atoms with Crippen LogP contribution in [0, 0.1) is 5.92 Å². The molecule has 1 aliphatic rings. The van der Waals surface area contributed by atoms with E-state index in [2.05, 4.69) is 10.1 Å². The number of hydrogen-bond acceptors (Lipinski definition) is 4. The average Bonchev–Trinajstić information content (AvgIpc) is 2.46. The SMILES string of the molecule is [2H]C1([2H])OC([2H])([2H])C([2H])([2H])N(CCNC(=O)[C@@H](N)[C@@H](C)CC)C1([2H])[2H]. The van der Waals surface area contributed by atoms with Gasteiger partial charge in [0.15, 0.2) is 0 Å². The minimum Gasteiger partial charge on any atom is -0.379 e. The van der Waals surface area contributed by atoms with Crippen molar-refractivity contribution in [2.75, 3.05) is 39.2 Å². The van der Waals surface area contributed by atoms with Crippen molar-refractivity contribution < 1.29 is 20.5 Å². The molecular formula is C12H25N3O2. The molecule has 1 aliphatic heterocycles. The second-order valence-electron chi connectivity index (χ2n) is 3.88. The van der Waals surface area contributed by atoms with E-state index in [1.54, 1.807) is 6.92 Å². The number of morpholine rings is 1. The van der Waals surface area contributed by atoms with Crippen molar-refractivity contribution in [1.82, 2.24) is 10.2 Å². The predicted molar refractivity (Wildman–Crippen MR) is 67.7 cm³/mol. The third-order valence-electron chi connectivity index (χ3n) is 2.66. The lowest BCUT2D eigenvalue weighted by Gasteiger charge is -2.27.